The van der Waals surface area contributed by atoms with Crippen molar-refractivity contribution in [2.24, 2.45) is 0 Å². The maximum absolute atomic E-state index is 5.67. The molecule has 2 aromatic rings. The average Bonchev–Trinajstić information content (AvgIpc) is 3.08. The minimum atomic E-state index is 0. The number of hydrogen-bond acceptors (Lipinski definition) is 5. The van der Waals surface area contributed by atoms with Gasteiger partial charge in [0.05, 0.1) is 6.04 Å². The molecule has 1 aromatic heterocycles. The van der Waals surface area contributed by atoms with Crippen LogP contribution in [0, 0.1) is 0 Å². The van der Waals surface area contributed by atoms with E-state index in [1.807, 2.05) is 18.2 Å². The van der Waals surface area contributed by atoms with Gasteiger partial charge in [-0.3, -0.25) is 0 Å². The van der Waals surface area contributed by atoms with Crippen molar-refractivity contribution in [3.63, 3.8) is 0 Å². The molecular weight excluding hydrogens is 282 g/mol. The number of thioether (sulfide) groups is 1. The number of nitrogens with zero attached hydrogens (tertiary/aromatic N) is 2. The van der Waals surface area contributed by atoms with E-state index >= 15 is 0 Å². The standard InChI is InChI=1S/C13H15N3OS.ClH/c1-2-5-10(6-3-1)9-18-13-16-15-12(17-13)11-7-4-8-14-11;/h1-3,5-6,11,14H,4,7-9H2;1H/p-1/t11-;/m0./s1. The summed E-state index contributed by atoms with van der Waals surface area (Å²) in [4.78, 5) is 0. The molecular formula is C13H15ClN3OS-. The van der Waals surface area contributed by atoms with E-state index in [9.17, 15) is 0 Å². The summed E-state index contributed by atoms with van der Waals surface area (Å²) in [7, 11) is 0. The van der Waals surface area contributed by atoms with E-state index in [4.69, 9.17) is 4.42 Å². The first-order chi connectivity index (χ1) is 8.92. The van der Waals surface area contributed by atoms with Crippen LogP contribution in [0.15, 0.2) is 40.0 Å². The normalized spacial score (nSPS) is 18.2. The fourth-order valence-electron chi connectivity index (χ4n) is 2.03. The van der Waals surface area contributed by atoms with Crippen molar-refractivity contribution in [2.45, 2.75) is 29.9 Å². The highest BCUT2D eigenvalue weighted by molar-refractivity contribution is 7.98. The van der Waals surface area contributed by atoms with Crippen LogP contribution in [0.3, 0.4) is 0 Å². The Labute approximate surface area is 122 Å². The summed E-state index contributed by atoms with van der Waals surface area (Å²) in [6.07, 6.45) is 2.27. The van der Waals surface area contributed by atoms with Gasteiger partial charge < -0.3 is 22.1 Å². The SMILES string of the molecule is [Cl-].c1ccc(CSc2nnc([C@@H]3CCCN3)o2)cc1. The summed E-state index contributed by atoms with van der Waals surface area (Å²) in [5, 5.41) is 12.2. The van der Waals surface area contributed by atoms with E-state index < -0.39 is 0 Å². The fourth-order valence-corrected chi connectivity index (χ4v) is 2.76. The van der Waals surface area contributed by atoms with Crippen molar-refractivity contribution < 1.29 is 16.8 Å². The lowest BCUT2D eigenvalue weighted by Gasteiger charge is -2.02. The smallest absolute Gasteiger partial charge is 0.276 e. The van der Waals surface area contributed by atoms with Crippen molar-refractivity contribution in [1.29, 1.82) is 0 Å². The number of nitrogens with one attached hydrogen (secondary N) is 1. The molecule has 2 heterocycles. The van der Waals surface area contributed by atoms with Crippen LogP contribution in [0.25, 0.3) is 0 Å². The molecule has 0 bridgehead atoms. The van der Waals surface area contributed by atoms with Gasteiger partial charge in [0.1, 0.15) is 0 Å². The van der Waals surface area contributed by atoms with Gasteiger partial charge in [0.15, 0.2) is 0 Å². The van der Waals surface area contributed by atoms with Gasteiger partial charge in [0, 0.05) is 5.75 Å². The van der Waals surface area contributed by atoms with Crippen molar-refractivity contribution in [3.05, 3.63) is 41.8 Å². The molecule has 102 valence electrons. The Morgan fingerprint density at radius 3 is 2.84 bits per heavy atom. The third-order valence-corrected chi connectivity index (χ3v) is 3.88. The van der Waals surface area contributed by atoms with E-state index in [1.54, 1.807) is 11.8 Å². The van der Waals surface area contributed by atoms with Crippen LogP contribution in [0.4, 0.5) is 0 Å². The molecule has 4 nitrogen and oxygen atoms in total. The molecule has 1 aromatic carbocycles. The number of aromatic nitrogens is 2. The quantitative estimate of drug-likeness (QED) is 0.792. The Morgan fingerprint density at radius 2 is 2.11 bits per heavy atom. The van der Waals surface area contributed by atoms with Gasteiger partial charge in [-0.05, 0) is 24.9 Å². The van der Waals surface area contributed by atoms with Crippen LogP contribution in [0.5, 0.6) is 0 Å². The summed E-state index contributed by atoms with van der Waals surface area (Å²) in [5.41, 5.74) is 1.27. The lowest BCUT2D eigenvalue weighted by Crippen LogP contribution is -3.00. The Morgan fingerprint density at radius 1 is 1.26 bits per heavy atom. The molecule has 1 aliphatic rings. The van der Waals surface area contributed by atoms with Gasteiger partial charge in [-0.2, -0.15) is 0 Å². The zero-order valence-electron chi connectivity index (χ0n) is 10.4. The minimum absolute atomic E-state index is 0. The topological polar surface area (TPSA) is 51.0 Å². The lowest BCUT2D eigenvalue weighted by atomic mass is 10.2. The fraction of sp³-hybridized carbons (Fsp3) is 0.385. The van der Waals surface area contributed by atoms with Gasteiger partial charge in [-0.25, -0.2) is 0 Å². The third kappa shape index (κ3) is 3.72. The summed E-state index contributed by atoms with van der Waals surface area (Å²) < 4.78 is 5.67. The van der Waals surface area contributed by atoms with Crippen molar-refractivity contribution in [2.75, 3.05) is 6.54 Å². The van der Waals surface area contributed by atoms with E-state index in [1.165, 1.54) is 12.0 Å². The molecule has 0 unspecified atom stereocenters. The molecule has 1 aliphatic heterocycles. The Kier molecular flexibility index (Phi) is 5.24. The Balaban J connectivity index is 0.00000133. The summed E-state index contributed by atoms with van der Waals surface area (Å²) in [6, 6.07) is 10.6. The maximum Gasteiger partial charge on any atom is 0.276 e. The second-order valence-electron chi connectivity index (χ2n) is 4.33. The molecule has 0 spiro atoms. The first-order valence-corrected chi connectivity index (χ1v) is 7.14. The molecule has 1 saturated heterocycles. The van der Waals surface area contributed by atoms with Crippen molar-refractivity contribution >= 4 is 11.8 Å². The van der Waals surface area contributed by atoms with Gasteiger partial charge in [-0.1, -0.05) is 42.1 Å². The summed E-state index contributed by atoms with van der Waals surface area (Å²) in [5.74, 6) is 1.59. The predicted molar refractivity (Wildman–Crippen MR) is 70.3 cm³/mol. The molecule has 0 amide bonds. The molecule has 1 fully saturated rings. The summed E-state index contributed by atoms with van der Waals surface area (Å²) >= 11 is 1.59. The van der Waals surface area contributed by atoms with Crippen LogP contribution in [0.2, 0.25) is 0 Å². The molecule has 1 N–H and O–H groups in total. The van der Waals surface area contributed by atoms with E-state index in [0.717, 1.165) is 24.6 Å². The van der Waals surface area contributed by atoms with Gasteiger partial charge in [-0.15, -0.1) is 10.2 Å². The van der Waals surface area contributed by atoms with Crippen molar-refractivity contribution in [3.8, 4) is 0 Å². The van der Waals surface area contributed by atoms with Gasteiger partial charge in [0.2, 0.25) is 5.89 Å². The van der Waals surface area contributed by atoms with Crippen molar-refractivity contribution in [1.82, 2.24) is 15.5 Å². The zero-order valence-corrected chi connectivity index (χ0v) is 12.0. The third-order valence-electron chi connectivity index (χ3n) is 2.99. The van der Waals surface area contributed by atoms with E-state index in [-0.39, 0.29) is 18.4 Å². The molecule has 1 atom stereocenters. The number of benzene rings is 1. The highest BCUT2D eigenvalue weighted by Gasteiger charge is 2.22. The Hall–Kier alpha value is -1.04. The number of rotatable bonds is 4. The second kappa shape index (κ2) is 6.93. The van der Waals surface area contributed by atoms with E-state index in [0.29, 0.717) is 5.22 Å². The second-order valence-corrected chi connectivity index (χ2v) is 5.26. The minimum Gasteiger partial charge on any atom is -1.00 e. The predicted octanol–water partition coefficient (Wildman–Crippen LogP) is -0.210. The first-order valence-electron chi connectivity index (χ1n) is 6.15. The van der Waals surface area contributed by atoms with Crippen LogP contribution in [0.1, 0.15) is 30.3 Å². The zero-order chi connectivity index (χ0) is 12.2. The molecule has 19 heavy (non-hydrogen) atoms. The molecule has 0 saturated carbocycles. The molecule has 0 radical (unpaired) electrons. The first kappa shape index (κ1) is 14.4. The van der Waals surface area contributed by atoms with Crippen LogP contribution >= 0.6 is 11.8 Å². The summed E-state index contributed by atoms with van der Waals surface area (Å²) in [6.45, 7) is 1.04. The highest BCUT2D eigenvalue weighted by Crippen LogP contribution is 2.26. The monoisotopic (exact) mass is 296 g/mol. The number of hydrogen-bond donors (Lipinski definition) is 1. The van der Waals surface area contributed by atoms with Crippen LogP contribution < -0.4 is 17.7 Å². The van der Waals surface area contributed by atoms with Gasteiger partial charge >= 0.3 is 0 Å². The Bertz CT molecular complexity index is 500. The highest BCUT2D eigenvalue weighted by atomic mass is 35.5. The van der Waals surface area contributed by atoms with Crippen LogP contribution in [-0.4, -0.2) is 16.7 Å². The largest absolute Gasteiger partial charge is 1.00 e. The van der Waals surface area contributed by atoms with Crippen LogP contribution in [-0.2, 0) is 5.75 Å². The molecule has 0 aliphatic carbocycles. The van der Waals surface area contributed by atoms with E-state index in [2.05, 4.69) is 27.6 Å². The number of halogens is 1. The molecule has 3 rings (SSSR count). The average molecular weight is 297 g/mol. The molecule has 6 heteroatoms. The maximum atomic E-state index is 5.67. The lowest BCUT2D eigenvalue weighted by molar-refractivity contribution is -0.00000429. The van der Waals surface area contributed by atoms with Gasteiger partial charge in [0.25, 0.3) is 5.22 Å².